The third kappa shape index (κ3) is 4.74. The van der Waals surface area contributed by atoms with E-state index >= 15 is 0 Å². The smallest absolute Gasteiger partial charge is 0.237 e. The van der Waals surface area contributed by atoms with Gasteiger partial charge in [-0.25, -0.2) is 0 Å². The van der Waals surface area contributed by atoms with Gasteiger partial charge >= 0.3 is 0 Å². The van der Waals surface area contributed by atoms with Crippen LogP contribution in [0.2, 0.25) is 0 Å². The first-order valence-corrected chi connectivity index (χ1v) is 8.30. The monoisotopic (exact) mass is 283 g/mol. The molecule has 1 saturated heterocycles. The van der Waals surface area contributed by atoms with E-state index in [9.17, 15) is 4.79 Å². The standard InChI is InChI=1S/C16H33N3O/c1-6-12(3)18-16(20)14(5)19-11-9-8-10-15(19)13(4)17-7-2/h12-15,17H,6-11H2,1-5H3,(H,18,20). The molecule has 0 bridgehead atoms. The molecule has 0 aromatic carbocycles. The van der Waals surface area contributed by atoms with Gasteiger partial charge < -0.3 is 10.6 Å². The molecule has 1 fully saturated rings. The molecule has 0 aromatic heterocycles. The predicted molar refractivity (Wildman–Crippen MR) is 84.8 cm³/mol. The zero-order chi connectivity index (χ0) is 15.1. The number of carbonyl (C=O) groups is 1. The Morgan fingerprint density at radius 2 is 1.95 bits per heavy atom. The van der Waals surface area contributed by atoms with Gasteiger partial charge in [0.2, 0.25) is 5.91 Å². The second kappa shape index (κ2) is 8.63. The van der Waals surface area contributed by atoms with E-state index in [1.54, 1.807) is 0 Å². The second-order valence-corrected chi connectivity index (χ2v) is 6.14. The summed E-state index contributed by atoms with van der Waals surface area (Å²) in [7, 11) is 0. The van der Waals surface area contributed by atoms with Crippen molar-refractivity contribution in [1.82, 2.24) is 15.5 Å². The molecule has 4 heteroatoms. The van der Waals surface area contributed by atoms with Crippen molar-refractivity contribution in [1.29, 1.82) is 0 Å². The molecule has 1 rings (SSSR count). The lowest BCUT2D eigenvalue weighted by Crippen LogP contribution is -2.58. The molecule has 0 saturated carbocycles. The molecule has 4 unspecified atom stereocenters. The van der Waals surface area contributed by atoms with Gasteiger partial charge in [0, 0.05) is 18.1 Å². The van der Waals surface area contributed by atoms with Crippen molar-refractivity contribution in [3.05, 3.63) is 0 Å². The van der Waals surface area contributed by atoms with Gasteiger partial charge in [0.05, 0.1) is 6.04 Å². The maximum absolute atomic E-state index is 12.4. The Balaban J connectivity index is 2.66. The molecular weight excluding hydrogens is 250 g/mol. The second-order valence-electron chi connectivity index (χ2n) is 6.14. The zero-order valence-corrected chi connectivity index (χ0v) is 13.9. The highest BCUT2D eigenvalue weighted by Crippen LogP contribution is 2.22. The lowest BCUT2D eigenvalue weighted by Gasteiger charge is -2.42. The molecule has 4 atom stereocenters. The molecule has 2 N–H and O–H groups in total. The number of nitrogens with one attached hydrogen (secondary N) is 2. The highest BCUT2D eigenvalue weighted by molar-refractivity contribution is 5.81. The Morgan fingerprint density at radius 1 is 1.25 bits per heavy atom. The summed E-state index contributed by atoms with van der Waals surface area (Å²) in [6, 6.07) is 1.15. The van der Waals surface area contributed by atoms with E-state index in [2.05, 4.69) is 50.2 Å². The number of rotatable bonds is 7. The van der Waals surface area contributed by atoms with Gasteiger partial charge in [-0.3, -0.25) is 9.69 Å². The largest absolute Gasteiger partial charge is 0.352 e. The maximum atomic E-state index is 12.4. The minimum absolute atomic E-state index is 0.0320. The fourth-order valence-corrected chi connectivity index (χ4v) is 3.07. The molecule has 20 heavy (non-hydrogen) atoms. The van der Waals surface area contributed by atoms with E-state index < -0.39 is 0 Å². The number of hydrogen-bond donors (Lipinski definition) is 2. The van der Waals surface area contributed by atoms with E-state index in [4.69, 9.17) is 0 Å². The lowest BCUT2D eigenvalue weighted by molar-refractivity contribution is -0.128. The van der Waals surface area contributed by atoms with Gasteiger partial charge in [0.15, 0.2) is 0 Å². The van der Waals surface area contributed by atoms with Gasteiger partial charge in [0.25, 0.3) is 0 Å². The van der Waals surface area contributed by atoms with Crippen LogP contribution >= 0.6 is 0 Å². The Morgan fingerprint density at radius 3 is 2.55 bits per heavy atom. The Hall–Kier alpha value is -0.610. The van der Waals surface area contributed by atoms with E-state index in [1.165, 1.54) is 19.3 Å². The molecule has 0 radical (unpaired) electrons. The van der Waals surface area contributed by atoms with E-state index in [-0.39, 0.29) is 18.0 Å². The summed E-state index contributed by atoms with van der Waals surface area (Å²) in [6.45, 7) is 12.6. The highest BCUT2D eigenvalue weighted by Gasteiger charge is 2.33. The minimum atomic E-state index is -0.0320. The number of hydrogen-bond acceptors (Lipinski definition) is 3. The van der Waals surface area contributed by atoms with Crippen LogP contribution in [0.15, 0.2) is 0 Å². The summed E-state index contributed by atoms with van der Waals surface area (Å²) >= 11 is 0. The normalized spacial score (nSPS) is 24.9. The number of carbonyl (C=O) groups excluding carboxylic acids is 1. The van der Waals surface area contributed by atoms with Gasteiger partial charge in [-0.1, -0.05) is 20.3 Å². The lowest BCUT2D eigenvalue weighted by atomic mass is 9.94. The average Bonchev–Trinajstić information content (AvgIpc) is 2.46. The first-order valence-electron chi connectivity index (χ1n) is 8.30. The van der Waals surface area contributed by atoms with Gasteiger partial charge in [-0.2, -0.15) is 0 Å². The molecule has 0 aromatic rings. The van der Waals surface area contributed by atoms with E-state index in [0.717, 1.165) is 19.5 Å². The summed E-state index contributed by atoms with van der Waals surface area (Å²) < 4.78 is 0. The third-order valence-electron chi connectivity index (χ3n) is 4.57. The van der Waals surface area contributed by atoms with Crippen LogP contribution in [0.5, 0.6) is 0 Å². The third-order valence-corrected chi connectivity index (χ3v) is 4.57. The van der Waals surface area contributed by atoms with Crippen molar-refractivity contribution in [2.45, 2.75) is 84.5 Å². The topological polar surface area (TPSA) is 44.4 Å². The number of amides is 1. The van der Waals surface area contributed by atoms with Crippen LogP contribution < -0.4 is 10.6 Å². The van der Waals surface area contributed by atoms with E-state index in [1.807, 2.05) is 0 Å². The molecule has 4 nitrogen and oxygen atoms in total. The first-order chi connectivity index (χ1) is 9.51. The molecule has 1 aliphatic heterocycles. The van der Waals surface area contributed by atoms with Crippen LogP contribution in [0, 0.1) is 0 Å². The number of nitrogens with zero attached hydrogens (tertiary/aromatic N) is 1. The SMILES string of the molecule is CCNC(C)C1CCCCN1C(C)C(=O)NC(C)CC. The molecule has 1 amide bonds. The Labute approximate surface area is 124 Å². The summed E-state index contributed by atoms with van der Waals surface area (Å²) in [5.74, 6) is 0.176. The summed E-state index contributed by atoms with van der Waals surface area (Å²) in [6.07, 6.45) is 4.65. The van der Waals surface area contributed by atoms with E-state index in [0.29, 0.717) is 12.1 Å². The average molecular weight is 283 g/mol. The quantitative estimate of drug-likeness (QED) is 0.752. The van der Waals surface area contributed by atoms with Crippen molar-refractivity contribution < 1.29 is 4.79 Å². The highest BCUT2D eigenvalue weighted by atomic mass is 16.2. The van der Waals surface area contributed by atoms with Crippen LogP contribution in [-0.2, 0) is 4.79 Å². The fraction of sp³-hybridized carbons (Fsp3) is 0.938. The van der Waals surface area contributed by atoms with Crippen molar-refractivity contribution in [3.8, 4) is 0 Å². The first kappa shape index (κ1) is 17.4. The zero-order valence-electron chi connectivity index (χ0n) is 13.9. The molecular formula is C16H33N3O. The molecule has 0 aliphatic carbocycles. The van der Waals surface area contributed by atoms with Gasteiger partial charge in [-0.05, 0) is 53.1 Å². The minimum Gasteiger partial charge on any atom is -0.352 e. The predicted octanol–water partition coefficient (Wildman–Crippen LogP) is 2.14. The molecule has 118 valence electrons. The maximum Gasteiger partial charge on any atom is 0.237 e. The molecule has 1 heterocycles. The number of likely N-dealkylation sites (tertiary alicyclic amines) is 1. The Bertz CT molecular complexity index is 295. The fourth-order valence-electron chi connectivity index (χ4n) is 3.07. The van der Waals surface area contributed by atoms with Crippen molar-refractivity contribution in [2.75, 3.05) is 13.1 Å². The number of piperidine rings is 1. The summed E-state index contributed by atoms with van der Waals surface area (Å²) in [5, 5.41) is 6.63. The molecule has 0 spiro atoms. The Kier molecular flexibility index (Phi) is 7.52. The van der Waals surface area contributed by atoms with Gasteiger partial charge in [-0.15, -0.1) is 0 Å². The number of likely N-dealkylation sites (N-methyl/N-ethyl adjacent to an activating group) is 1. The van der Waals surface area contributed by atoms with Gasteiger partial charge in [0.1, 0.15) is 0 Å². The van der Waals surface area contributed by atoms with Crippen molar-refractivity contribution in [2.24, 2.45) is 0 Å². The van der Waals surface area contributed by atoms with Crippen LogP contribution in [0.3, 0.4) is 0 Å². The van der Waals surface area contributed by atoms with Crippen molar-refractivity contribution in [3.63, 3.8) is 0 Å². The summed E-state index contributed by atoms with van der Waals surface area (Å²) in [5.41, 5.74) is 0. The molecule has 1 aliphatic rings. The summed E-state index contributed by atoms with van der Waals surface area (Å²) in [4.78, 5) is 14.8. The van der Waals surface area contributed by atoms with Crippen LogP contribution in [0.1, 0.15) is 60.3 Å². The van der Waals surface area contributed by atoms with Crippen LogP contribution in [0.25, 0.3) is 0 Å². The van der Waals surface area contributed by atoms with Crippen molar-refractivity contribution >= 4 is 5.91 Å². The van der Waals surface area contributed by atoms with Crippen LogP contribution in [-0.4, -0.2) is 48.1 Å². The van der Waals surface area contributed by atoms with Crippen LogP contribution in [0.4, 0.5) is 0 Å².